The Kier molecular flexibility index (Phi) is 2.33. The highest BCUT2D eigenvalue weighted by Crippen LogP contribution is 2.62. The van der Waals surface area contributed by atoms with Crippen LogP contribution >= 0.6 is 0 Å². The second kappa shape index (κ2) is 3.88. The van der Waals surface area contributed by atoms with Crippen molar-refractivity contribution in [1.82, 2.24) is 0 Å². The number of rotatable bonds is 0. The molecule has 4 aliphatic rings. The second-order valence-corrected chi connectivity index (χ2v) is 7.53. The summed E-state index contributed by atoms with van der Waals surface area (Å²) in [5.74, 6) is 0.136. The lowest BCUT2D eigenvalue weighted by Gasteiger charge is -2.61. The molecule has 2 aliphatic carbocycles. The number of ether oxygens (including phenoxy) is 1. The zero-order chi connectivity index (χ0) is 16.1. The number of phenolic OH excluding ortho intramolecular Hbond substituents is 1. The van der Waals surface area contributed by atoms with E-state index in [0.29, 0.717) is 18.6 Å². The number of carbonyl (C=O) groups excluding carboxylic acids is 1. The molecule has 6 nitrogen and oxygen atoms in total. The number of benzene rings is 1. The SMILES string of the molecule is C[NH+]1CC[C@]23c4c5ccc(O)c4O[C@H]2C(=O)CC(O)[C@@]3(O)[C@H]1C5. The molecule has 2 heterocycles. The van der Waals surface area contributed by atoms with Crippen LogP contribution in [0.2, 0.25) is 0 Å². The van der Waals surface area contributed by atoms with Crippen molar-refractivity contribution in [1.29, 1.82) is 0 Å². The van der Waals surface area contributed by atoms with Gasteiger partial charge in [-0.15, -0.1) is 0 Å². The number of aromatic hydroxyl groups is 1. The minimum Gasteiger partial charge on any atom is -0.504 e. The second-order valence-electron chi connectivity index (χ2n) is 7.53. The predicted octanol–water partition coefficient (Wildman–Crippen LogP) is -1.70. The van der Waals surface area contributed by atoms with E-state index in [1.165, 1.54) is 0 Å². The van der Waals surface area contributed by atoms with Crippen molar-refractivity contribution < 1.29 is 29.8 Å². The van der Waals surface area contributed by atoms with Crippen molar-refractivity contribution in [3.63, 3.8) is 0 Å². The highest BCUT2D eigenvalue weighted by atomic mass is 16.5. The zero-order valence-corrected chi connectivity index (χ0v) is 12.9. The van der Waals surface area contributed by atoms with Gasteiger partial charge in [0.05, 0.1) is 25.1 Å². The van der Waals surface area contributed by atoms with Crippen LogP contribution in [0.5, 0.6) is 11.5 Å². The van der Waals surface area contributed by atoms with Crippen LogP contribution in [0.1, 0.15) is 24.0 Å². The van der Waals surface area contributed by atoms with E-state index in [1.54, 1.807) is 6.07 Å². The summed E-state index contributed by atoms with van der Waals surface area (Å²) in [5.41, 5.74) is -0.579. The van der Waals surface area contributed by atoms with E-state index in [4.69, 9.17) is 4.74 Å². The first-order valence-electron chi connectivity index (χ1n) is 8.18. The Bertz CT molecular complexity index is 749. The Morgan fingerprint density at radius 1 is 1.35 bits per heavy atom. The number of phenols is 1. The van der Waals surface area contributed by atoms with Gasteiger partial charge < -0.3 is 25.0 Å². The van der Waals surface area contributed by atoms with Crippen molar-refractivity contribution in [2.75, 3.05) is 13.6 Å². The Morgan fingerprint density at radius 2 is 2.13 bits per heavy atom. The number of likely N-dealkylation sites (tertiary alicyclic amines) is 1. The van der Waals surface area contributed by atoms with Crippen LogP contribution < -0.4 is 9.64 Å². The van der Waals surface area contributed by atoms with Gasteiger partial charge in [-0.05, 0) is 11.6 Å². The summed E-state index contributed by atoms with van der Waals surface area (Å²) < 4.78 is 5.89. The van der Waals surface area contributed by atoms with Gasteiger partial charge >= 0.3 is 0 Å². The fourth-order valence-corrected chi connectivity index (χ4v) is 5.74. The van der Waals surface area contributed by atoms with Crippen LogP contribution in [-0.4, -0.2) is 58.5 Å². The lowest BCUT2D eigenvalue weighted by Crippen LogP contribution is -3.19. The van der Waals surface area contributed by atoms with Crippen molar-refractivity contribution in [2.24, 2.45) is 0 Å². The molecule has 2 fully saturated rings. The number of ketones is 1. The number of piperidine rings is 1. The van der Waals surface area contributed by atoms with Gasteiger partial charge in [-0.3, -0.25) is 4.79 Å². The topological polar surface area (TPSA) is 91.4 Å². The van der Waals surface area contributed by atoms with Gasteiger partial charge in [0.15, 0.2) is 29.0 Å². The number of carbonyl (C=O) groups is 1. The van der Waals surface area contributed by atoms with Gasteiger partial charge in [-0.2, -0.15) is 0 Å². The third-order valence-electron chi connectivity index (χ3n) is 6.73. The molecule has 122 valence electrons. The van der Waals surface area contributed by atoms with Crippen molar-refractivity contribution in [2.45, 2.75) is 48.5 Å². The molecule has 2 aliphatic heterocycles. The zero-order valence-electron chi connectivity index (χ0n) is 12.9. The molecule has 1 aromatic rings. The number of hydrogen-bond acceptors (Lipinski definition) is 5. The maximum atomic E-state index is 12.6. The van der Waals surface area contributed by atoms with Crippen LogP contribution in [0.4, 0.5) is 0 Å². The van der Waals surface area contributed by atoms with E-state index in [2.05, 4.69) is 0 Å². The molecule has 6 atom stereocenters. The fraction of sp³-hybridized carbons (Fsp3) is 0.588. The maximum absolute atomic E-state index is 12.6. The summed E-state index contributed by atoms with van der Waals surface area (Å²) in [6.07, 6.45) is -0.849. The highest BCUT2D eigenvalue weighted by molar-refractivity contribution is 5.90. The van der Waals surface area contributed by atoms with Gasteiger partial charge in [0.25, 0.3) is 0 Å². The Hall–Kier alpha value is -1.63. The van der Waals surface area contributed by atoms with Crippen LogP contribution in [0, 0.1) is 0 Å². The molecule has 6 heteroatoms. The van der Waals surface area contributed by atoms with Crippen molar-refractivity contribution in [3.05, 3.63) is 23.3 Å². The smallest absolute Gasteiger partial charge is 0.177 e. The van der Waals surface area contributed by atoms with Gasteiger partial charge in [-0.1, -0.05) is 6.07 Å². The van der Waals surface area contributed by atoms with Gasteiger partial charge in [0.2, 0.25) is 0 Å². The molecule has 1 aromatic carbocycles. The number of likely N-dealkylation sites (N-methyl/N-ethyl adjacent to an activating group) is 1. The maximum Gasteiger partial charge on any atom is 0.177 e. The van der Waals surface area contributed by atoms with Crippen LogP contribution in [0.15, 0.2) is 12.1 Å². The summed E-state index contributed by atoms with van der Waals surface area (Å²) in [4.78, 5) is 13.7. The normalized spacial score (nSPS) is 46.3. The number of quaternary nitrogens is 1. The van der Waals surface area contributed by atoms with E-state index in [-0.39, 0.29) is 24.0 Å². The van der Waals surface area contributed by atoms with Crippen LogP contribution in [0.3, 0.4) is 0 Å². The molecule has 2 bridgehead atoms. The number of aliphatic hydroxyl groups is 2. The predicted molar refractivity (Wildman–Crippen MR) is 78.6 cm³/mol. The highest BCUT2D eigenvalue weighted by Gasteiger charge is 2.77. The first-order chi connectivity index (χ1) is 10.9. The summed E-state index contributed by atoms with van der Waals surface area (Å²) in [6.45, 7) is 0.793. The third-order valence-corrected chi connectivity index (χ3v) is 6.73. The fourth-order valence-electron chi connectivity index (χ4n) is 5.74. The molecule has 1 saturated carbocycles. The molecular formula is C17H20NO5+. The monoisotopic (exact) mass is 318 g/mol. The standard InChI is InChI=1S/C17H19NO5/c1-18-5-4-16-13-8-2-3-9(19)14(13)23-15(16)10(20)7-12(21)17(16,22)11(18)6-8/h2-3,11-12,15,19,21-22H,4-7H2,1H3/p+1/t11-,12?,15+,16+,17+/m1/s1. The summed E-state index contributed by atoms with van der Waals surface area (Å²) in [6, 6.07) is 3.27. The molecule has 0 aromatic heterocycles. The van der Waals surface area contributed by atoms with Crippen LogP contribution in [-0.2, 0) is 16.6 Å². The van der Waals surface area contributed by atoms with E-state index in [1.807, 2.05) is 13.1 Å². The lowest BCUT2D eigenvalue weighted by atomic mass is 9.48. The minimum atomic E-state index is -1.40. The molecule has 4 N–H and O–H groups in total. The average molecular weight is 318 g/mol. The molecule has 0 radical (unpaired) electrons. The van der Waals surface area contributed by atoms with E-state index >= 15 is 0 Å². The molecule has 1 spiro atoms. The first kappa shape index (κ1) is 13.8. The molecule has 1 saturated heterocycles. The molecule has 23 heavy (non-hydrogen) atoms. The molecule has 5 rings (SSSR count). The first-order valence-corrected chi connectivity index (χ1v) is 8.18. The van der Waals surface area contributed by atoms with Crippen molar-refractivity contribution in [3.8, 4) is 11.5 Å². The van der Waals surface area contributed by atoms with Gasteiger partial charge in [0.1, 0.15) is 6.04 Å². The van der Waals surface area contributed by atoms with Crippen molar-refractivity contribution >= 4 is 5.78 Å². The lowest BCUT2D eigenvalue weighted by molar-refractivity contribution is -0.924. The largest absolute Gasteiger partial charge is 0.504 e. The minimum absolute atomic E-state index is 0.00175. The van der Waals surface area contributed by atoms with E-state index in [9.17, 15) is 20.1 Å². The quantitative estimate of drug-likeness (QED) is 0.458. The average Bonchev–Trinajstić information content (AvgIpc) is 2.86. The summed E-state index contributed by atoms with van der Waals surface area (Å²) in [5, 5.41) is 32.6. The Morgan fingerprint density at radius 3 is 2.91 bits per heavy atom. The van der Waals surface area contributed by atoms with Gasteiger partial charge in [-0.25, -0.2) is 0 Å². The Labute approximate surface area is 133 Å². The number of Topliss-reactive ketones (excluding diaryl/α,β-unsaturated/α-hetero) is 1. The molecular weight excluding hydrogens is 298 g/mol. The summed E-state index contributed by atoms with van der Waals surface area (Å²) in [7, 11) is 2.02. The number of hydrogen-bond donors (Lipinski definition) is 4. The van der Waals surface area contributed by atoms with E-state index < -0.39 is 23.2 Å². The van der Waals surface area contributed by atoms with E-state index in [0.717, 1.165) is 22.6 Å². The van der Waals surface area contributed by atoms with Gasteiger partial charge in [0, 0.05) is 24.8 Å². The number of nitrogens with one attached hydrogen (secondary N) is 1. The molecule has 2 unspecified atom stereocenters. The van der Waals surface area contributed by atoms with Crippen LogP contribution in [0.25, 0.3) is 0 Å². The Balaban J connectivity index is 1.89. The number of aliphatic hydroxyl groups excluding tert-OH is 1. The third kappa shape index (κ3) is 1.24. The summed E-state index contributed by atoms with van der Waals surface area (Å²) >= 11 is 0. The molecule has 0 amide bonds.